The van der Waals surface area contributed by atoms with Crippen molar-refractivity contribution in [1.82, 2.24) is 5.32 Å². The summed E-state index contributed by atoms with van der Waals surface area (Å²) in [5, 5.41) is 5.42. The monoisotopic (exact) mass is 270 g/mol. The van der Waals surface area contributed by atoms with Crippen LogP contribution < -0.4 is 10.6 Å². The average Bonchev–Trinajstić information content (AvgIpc) is 2.37. The highest BCUT2D eigenvalue weighted by Crippen LogP contribution is 2.12. The lowest BCUT2D eigenvalue weighted by molar-refractivity contribution is 0.195. The number of nitrogens with one attached hydrogen (secondary N) is 2. The molecule has 0 bridgehead atoms. The van der Waals surface area contributed by atoms with Crippen LogP contribution in [0.25, 0.3) is 0 Å². The van der Waals surface area contributed by atoms with Gasteiger partial charge >= 0.3 is 6.03 Å². The molecule has 0 aliphatic carbocycles. The number of anilines is 1. The first-order valence-electron chi connectivity index (χ1n) is 5.95. The molecule has 100 valence electrons. The number of hydrogen-bond acceptors (Lipinski definition) is 2. The lowest BCUT2D eigenvalue weighted by Crippen LogP contribution is -2.30. The Morgan fingerprint density at radius 3 is 3.00 bits per heavy atom. The number of halogens is 1. The van der Waals surface area contributed by atoms with Gasteiger partial charge in [0.2, 0.25) is 0 Å². The van der Waals surface area contributed by atoms with Crippen LogP contribution in [0.1, 0.15) is 12.0 Å². The zero-order valence-electron chi connectivity index (χ0n) is 10.5. The highest BCUT2D eigenvalue weighted by molar-refractivity contribution is 6.18. The van der Waals surface area contributed by atoms with Crippen molar-refractivity contribution in [2.75, 3.05) is 31.5 Å². The fraction of sp³-hybridized carbons (Fsp3) is 0.462. The number of benzene rings is 1. The van der Waals surface area contributed by atoms with E-state index in [9.17, 15) is 4.79 Å². The van der Waals surface area contributed by atoms with Gasteiger partial charge in [-0.3, -0.25) is 0 Å². The van der Waals surface area contributed by atoms with Gasteiger partial charge in [0.05, 0.1) is 0 Å². The predicted octanol–water partition coefficient (Wildman–Crippen LogP) is 2.63. The lowest BCUT2D eigenvalue weighted by Gasteiger charge is -2.08. The van der Waals surface area contributed by atoms with E-state index < -0.39 is 0 Å². The van der Waals surface area contributed by atoms with Crippen LogP contribution in [-0.2, 0) is 11.2 Å². The number of amides is 2. The summed E-state index contributed by atoms with van der Waals surface area (Å²) in [5.74, 6) is 0.407. The van der Waals surface area contributed by atoms with Gasteiger partial charge in [-0.05, 0) is 30.5 Å². The number of aryl methyl sites for hydroxylation is 1. The first-order chi connectivity index (χ1) is 8.76. The van der Waals surface area contributed by atoms with Crippen LogP contribution >= 0.6 is 11.6 Å². The molecule has 0 unspecified atom stereocenters. The van der Waals surface area contributed by atoms with Crippen molar-refractivity contribution in [2.24, 2.45) is 0 Å². The molecule has 0 fully saturated rings. The van der Waals surface area contributed by atoms with Gasteiger partial charge in [-0.2, -0.15) is 0 Å². The molecule has 0 aliphatic heterocycles. The Bertz CT molecular complexity index is 372. The van der Waals surface area contributed by atoms with Gasteiger partial charge in [0.15, 0.2) is 0 Å². The molecule has 0 saturated heterocycles. The summed E-state index contributed by atoms with van der Waals surface area (Å²) in [4.78, 5) is 11.4. The third kappa shape index (κ3) is 5.89. The third-order valence-corrected chi connectivity index (χ3v) is 2.57. The van der Waals surface area contributed by atoms with E-state index in [1.807, 2.05) is 24.3 Å². The molecule has 2 amide bonds. The number of carbonyl (C=O) groups excluding carboxylic acids is 1. The lowest BCUT2D eigenvalue weighted by atomic mass is 10.1. The number of ether oxygens (including phenoxy) is 1. The maximum absolute atomic E-state index is 11.4. The standard InChI is InChI=1S/C13H19ClN2O2/c1-18-9-3-5-11-4-2-6-12(10-11)16-13(17)15-8-7-14/h2,4,6,10H,3,5,7-9H2,1H3,(H2,15,16,17). The number of alkyl halides is 1. The normalized spacial score (nSPS) is 10.1. The molecule has 0 saturated carbocycles. The number of carbonyl (C=O) groups is 1. The molecule has 0 spiro atoms. The van der Waals surface area contributed by atoms with Crippen molar-refractivity contribution in [3.05, 3.63) is 29.8 Å². The van der Waals surface area contributed by atoms with Crippen molar-refractivity contribution >= 4 is 23.3 Å². The van der Waals surface area contributed by atoms with Gasteiger partial charge in [0.1, 0.15) is 0 Å². The van der Waals surface area contributed by atoms with E-state index in [4.69, 9.17) is 16.3 Å². The van der Waals surface area contributed by atoms with Crippen LogP contribution in [0.4, 0.5) is 10.5 Å². The predicted molar refractivity (Wildman–Crippen MR) is 74.4 cm³/mol. The zero-order valence-corrected chi connectivity index (χ0v) is 11.3. The molecule has 1 aromatic carbocycles. The van der Waals surface area contributed by atoms with Gasteiger partial charge in [-0.25, -0.2) is 4.79 Å². The highest BCUT2D eigenvalue weighted by Gasteiger charge is 2.01. The Morgan fingerprint density at radius 2 is 2.28 bits per heavy atom. The molecular weight excluding hydrogens is 252 g/mol. The van der Waals surface area contributed by atoms with E-state index >= 15 is 0 Å². The summed E-state index contributed by atoms with van der Waals surface area (Å²) >= 11 is 5.49. The Labute approximate surface area is 113 Å². The van der Waals surface area contributed by atoms with E-state index in [0.717, 1.165) is 25.1 Å². The quantitative estimate of drug-likeness (QED) is 0.591. The number of hydrogen-bond donors (Lipinski definition) is 2. The Morgan fingerprint density at radius 1 is 1.44 bits per heavy atom. The van der Waals surface area contributed by atoms with Crippen molar-refractivity contribution < 1.29 is 9.53 Å². The minimum Gasteiger partial charge on any atom is -0.385 e. The van der Waals surface area contributed by atoms with Crippen molar-refractivity contribution in [2.45, 2.75) is 12.8 Å². The SMILES string of the molecule is COCCCc1cccc(NC(=O)NCCCl)c1. The van der Waals surface area contributed by atoms with Crippen molar-refractivity contribution in [1.29, 1.82) is 0 Å². The van der Waals surface area contributed by atoms with E-state index in [-0.39, 0.29) is 6.03 Å². The minimum atomic E-state index is -0.232. The maximum Gasteiger partial charge on any atom is 0.319 e. The Kier molecular flexibility index (Phi) is 7.22. The molecule has 5 heteroatoms. The van der Waals surface area contributed by atoms with Gasteiger partial charge in [-0.1, -0.05) is 12.1 Å². The van der Waals surface area contributed by atoms with Crippen LogP contribution in [0.5, 0.6) is 0 Å². The first kappa shape index (κ1) is 14.8. The summed E-state index contributed by atoms with van der Waals surface area (Å²) in [6.45, 7) is 1.20. The van der Waals surface area contributed by atoms with Crippen LogP contribution in [0.2, 0.25) is 0 Å². The molecule has 0 aliphatic rings. The minimum absolute atomic E-state index is 0.232. The molecule has 1 rings (SSSR count). The largest absolute Gasteiger partial charge is 0.385 e. The third-order valence-electron chi connectivity index (χ3n) is 2.38. The summed E-state index contributed by atoms with van der Waals surface area (Å²) in [6, 6.07) is 7.57. The molecule has 0 radical (unpaired) electrons. The van der Waals surface area contributed by atoms with Crippen LogP contribution in [0, 0.1) is 0 Å². The number of rotatable bonds is 7. The fourth-order valence-corrected chi connectivity index (χ4v) is 1.66. The number of urea groups is 1. The van der Waals surface area contributed by atoms with Gasteiger partial charge in [-0.15, -0.1) is 11.6 Å². The molecular formula is C13H19ClN2O2. The Balaban J connectivity index is 2.45. The van der Waals surface area contributed by atoms with E-state index in [1.54, 1.807) is 7.11 Å². The van der Waals surface area contributed by atoms with Crippen molar-refractivity contribution in [3.63, 3.8) is 0 Å². The van der Waals surface area contributed by atoms with Crippen LogP contribution in [0.15, 0.2) is 24.3 Å². The zero-order chi connectivity index (χ0) is 13.2. The van der Waals surface area contributed by atoms with Crippen LogP contribution in [0.3, 0.4) is 0 Å². The van der Waals surface area contributed by atoms with E-state index in [2.05, 4.69) is 10.6 Å². The van der Waals surface area contributed by atoms with Crippen LogP contribution in [-0.4, -0.2) is 32.2 Å². The first-order valence-corrected chi connectivity index (χ1v) is 6.48. The summed E-state index contributed by atoms with van der Waals surface area (Å²) in [6.07, 6.45) is 1.91. The van der Waals surface area contributed by atoms with E-state index in [1.165, 1.54) is 5.56 Å². The second-order valence-corrected chi connectivity index (χ2v) is 4.24. The summed E-state index contributed by atoms with van der Waals surface area (Å²) < 4.78 is 5.01. The average molecular weight is 271 g/mol. The molecule has 0 atom stereocenters. The second kappa shape index (κ2) is 8.78. The molecule has 2 N–H and O–H groups in total. The maximum atomic E-state index is 11.4. The second-order valence-electron chi connectivity index (χ2n) is 3.87. The molecule has 1 aromatic rings. The topological polar surface area (TPSA) is 50.4 Å². The fourth-order valence-electron chi connectivity index (χ4n) is 1.56. The smallest absolute Gasteiger partial charge is 0.319 e. The van der Waals surface area contributed by atoms with Crippen molar-refractivity contribution in [3.8, 4) is 0 Å². The van der Waals surface area contributed by atoms with E-state index in [0.29, 0.717) is 12.4 Å². The number of methoxy groups -OCH3 is 1. The summed E-state index contributed by atoms with van der Waals surface area (Å²) in [7, 11) is 1.69. The van der Waals surface area contributed by atoms with Gasteiger partial charge < -0.3 is 15.4 Å². The molecule has 18 heavy (non-hydrogen) atoms. The highest BCUT2D eigenvalue weighted by atomic mass is 35.5. The van der Waals surface area contributed by atoms with Gasteiger partial charge in [0.25, 0.3) is 0 Å². The van der Waals surface area contributed by atoms with Gasteiger partial charge in [0, 0.05) is 31.8 Å². The Hall–Kier alpha value is -1.26. The molecule has 0 aromatic heterocycles. The summed E-state index contributed by atoms with van der Waals surface area (Å²) in [5.41, 5.74) is 1.97. The molecule has 0 heterocycles. The molecule has 4 nitrogen and oxygen atoms in total.